The summed E-state index contributed by atoms with van der Waals surface area (Å²) in [5.41, 5.74) is 11.0. The summed E-state index contributed by atoms with van der Waals surface area (Å²) in [6.07, 6.45) is 5.37. The Morgan fingerprint density at radius 2 is 2.03 bits per heavy atom. The Bertz CT molecular complexity index is 926. The molecule has 6 nitrogen and oxygen atoms in total. The normalized spacial score (nSPS) is 17.7. The number of aryl methyl sites for hydroxylation is 2. The molecule has 1 atom stereocenters. The smallest absolute Gasteiger partial charge is 0.224 e. The average Bonchev–Trinajstić information content (AvgIpc) is 2.71. The van der Waals surface area contributed by atoms with E-state index in [1.807, 2.05) is 36.4 Å². The highest BCUT2D eigenvalue weighted by Gasteiger charge is 2.21. The summed E-state index contributed by atoms with van der Waals surface area (Å²) in [6.45, 7) is 0.482. The van der Waals surface area contributed by atoms with Crippen LogP contribution in [0.25, 0.3) is 0 Å². The third-order valence-electron chi connectivity index (χ3n) is 5.61. The van der Waals surface area contributed by atoms with Crippen LogP contribution in [0.15, 0.2) is 36.4 Å². The van der Waals surface area contributed by atoms with E-state index in [2.05, 4.69) is 10.6 Å². The van der Waals surface area contributed by atoms with E-state index in [-0.39, 0.29) is 17.9 Å². The predicted octanol–water partition coefficient (Wildman–Crippen LogP) is 3.51. The molecule has 2 aliphatic rings. The molecule has 6 heteroatoms. The van der Waals surface area contributed by atoms with Gasteiger partial charge >= 0.3 is 0 Å². The number of carbonyl (C=O) groups excluding carboxylic acids is 2. The van der Waals surface area contributed by atoms with E-state index in [9.17, 15) is 9.59 Å². The first-order chi connectivity index (χ1) is 14.1. The average molecular weight is 393 g/mol. The van der Waals surface area contributed by atoms with Crippen molar-refractivity contribution in [1.29, 1.82) is 0 Å². The van der Waals surface area contributed by atoms with E-state index < -0.39 is 0 Å². The molecule has 0 saturated heterocycles. The first-order valence-corrected chi connectivity index (χ1v) is 10.3. The van der Waals surface area contributed by atoms with Crippen molar-refractivity contribution in [1.82, 2.24) is 5.32 Å². The van der Waals surface area contributed by atoms with E-state index in [1.165, 1.54) is 11.1 Å². The summed E-state index contributed by atoms with van der Waals surface area (Å²) in [6, 6.07) is 11.7. The summed E-state index contributed by atoms with van der Waals surface area (Å²) in [7, 11) is 0. The van der Waals surface area contributed by atoms with Gasteiger partial charge in [0, 0.05) is 24.2 Å². The molecule has 2 aromatic rings. The van der Waals surface area contributed by atoms with E-state index in [0.29, 0.717) is 25.9 Å². The van der Waals surface area contributed by atoms with Crippen LogP contribution in [0.3, 0.4) is 0 Å². The van der Waals surface area contributed by atoms with Crippen molar-refractivity contribution in [3.63, 3.8) is 0 Å². The van der Waals surface area contributed by atoms with Crippen molar-refractivity contribution in [2.24, 2.45) is 0 Å². The molecule has 1 unspecified atom stereocenters. The van der Waals surface area contributed by atoms with Crippen LogP contribution < -0.4 is 21.1 Å². The highest BCUT2D eigenvalue weighted by atomic mass is 16.5. The number of carbonyl (C=O) groups is 2. The van der Waals surface area contributed by atoms with E-state index in [4.69, 9.17) is 10.5 Å². The molecule has 0 aromatic heterocycles. The van der Waals surface area contributed by atoms with Crippen LogP contribution in [-0.4, -0.2) is 18.4 Å². The number of ether oxygens (including phenoxy) is 1. The third kappa shape index (κ3) is 4.70. The molecule has 0 saturated carbocycles. The molecule has 152 valence electrons. The zero-order chi connectivity index (χ0) is 20.2. The zero-order valence-electron chi connectivity index (χ0n) is 16.5. The molecule has 2 amide bonds. The van der Waals surface area contributed by atoms with Crippen LogP contribution in [0.2, 0.25) is 0 Å². The summed E-state index contributed by atoms with van der Waals surface area (Å²) < 4.78 is 5.80. The fourth-order valence-corrected chi connectivity index (χ4v) is 4.12. The first-order valence-electron chi connectivity index (χ1n) is 10.3. The summed E-state index contributed by atoms with van der Waals surface area (Å²) in [5.74, 6) is 0.886. The summed E-state index contributed by atoms with van der Waals surface area (Å²) >= 11 is 0. The van der Waals surface area contributed by atoms with Gasteiger partial charge in [0.25, 0.3) is 0 Å². The van der Waals surface area contributed by atoms with Crippen molar-refractivity contribution >= 4 is 23.2 Å². The van der Waals surface area contributed by atoms with Gasteiger partial charge < -0.3 is 21.1 Å². The first kappa shape index (κ1) is 19.3. The summed E-state index contributed by atoms with van der Waals surface area (Å²) in [4.78, 5) is 23.8. The lowest BCUT2D eigenvalue weighted by atomic mass is 9.87. The number of hydrogen-bond donors (Lipinski definition) is 3. The molecule has 0 bridgehead atoms. The third-order valence-corrected chi connectivity index (χ3v) is 5.61. The SMILES string of the molecule is Nc1ccc2c(c1)CCCC2NC(=O)CCCOc1ccc2c(c1)CCC(=O)N2. The number of anilines is 2. The number of fused-ring (bicyclic) bond motifs is 2. The Labute approximate surface area is 170 Å². The lowest BCUT2D eigenvalue weighted by Crippen LogP contribution is -2.31. The molecule has 0 radical (unpaired) electrons. The summed E-state index contributed by atoms with van der Waals surface area (Å²) in [5, 5.41) is 6.03. The molecule has 0 spiro atoms. The van der Waals surface area contributed by atoms with Crippen LogP contribution >= 0.6 is 0 Å². The van der Waals surface area contributed by atoms with Gasteiger partial charge in [-0.1, -0.05) is 6.07 Å². The Balaban J connectivity index is 1.24. The maximum Gasteiger partial charge on any atom is 0.224 e. The number of benzene rings is 2. The molecular formula is C23H27N3O3. The van der Waals surface area contributed by atoms with Crippen molar-refractivity contribution in [2.45, 2.75) is 51.0 Å². The molecule has 2 aromatic carbocycles. The molecule has 1 heterocycles. The lowest BCUT2D eigenvalue weighted by molar-refractivity contribution is -0.122. The number of amides is 2. The van der Waals surface area contributed by atoms with Gasteiger partial charge in [-0.2, -0.15) is 0 Å². The van der Waals surface area contributed by atoms with Gasteiger partial charge in [-0.25, -0.2) is 0 Å². The van der Waals surface area contributed by atoms with Crippen molar-refractivity contribution in [3.8, 4) is 5.75 Å². The van der Waals surface area contributed by atoms with Crippen molar-refractivity contribution < 1.29 is 14.3 Å². The largest absolute Gasteiger partial charge is 0.494 e. The van der Waals surface area contributed by atoms with Crippen LogP contribution in [-0.2, 0) is 22.4 Å². The quantitative estimate of drug-likeness (QED) is 0.517. The number of hydrogen-bond acceptors (Lipinski definition) is 4. The minimum atomic E-state index is 0.0522. The van der Waals surface area contributed by atoms with E-state index in [0.717, 1.165) is 48.4 Å². The second-order valence-corrected chi connectivity index (χ2v) is 7.79. The molecule has 0 fully saturated rings. The molecule has 1 aliphatic heterocycles. The molecule has 4 rings (SSSR count). The predicted molar refractivity (Wildman–Crippen MR) is 113 cm³/mol. The monoisotopic (exact) mass is 393 g/mol. The molecule has 4 N–H and O–H groups in total. The van der Waals surface area contributed by atoms with Crippen molar-refractivity contribution in [2.75, 3.05) is 17.7 Å². The Kier molecular flexibility index (Phi) is 5.69. The van der Waals surface area contributed by atoms with E-state index in [1.54, 1.807) is 0 Å². The molecule has 29 heavy (non-hydrogen) atoms. The fraction of sp³-hybridized carbons (Fsp3) is 0.391. The number of nitrogens with one attached hydrogen (secondary N) is 2. The van der Waals surface area contributed by atoms with Gasteiger partial charge in [0.1, 0.15) is 5.75 Å². The van der Waals surface area contributed by atoms with Gasteiger partial charge in [0.15, 0.2) is 0 Å². The number of rotatable bonds is 6. The van der Waals surface area contributed by atoms with Gasteiger partial charge in [0.2, 0.25) is 11.8 Å². The Morgan fingerprint density at radius 1 is 1.14 bits per heavy atom. The Hall–Kier alpha value is -3.02. The highest BCUT2D eigenvalue weighted by Crippen LogP contribution is 2.31. The van der Waals surface area contributed by atoms with E-state index >= 15 is 0 Å². The minimum Gasteiger partial charge on any atom is -0.494 e. The standard InChI is InChI=1S/C23H27N3O3/c24-17-7-9-19-15(13-17)3-1-4-21(19)26-22(27)5-2-12-29-18-8-10-20-16(14-18)6-11-23(28)25-20/h7-10,13-14,21H,1-6,11-12,24H2,(H,25,28)(H,26,27). The maximum atomic E-state index is 12.4. The number of nitrogen functional groups attached to an aromatic ring is 1. The van der Waals surface area contributed by atoms with Crippen molar-refractivity contribution in [3.05, 3.63) is 53.1 Å². The molecular weight excluding hydrogens is 366 g/mol. The van der Waals surface area contributed by atoms with Crippen LogP contribution in [0.4, 0.5) is 11.4 Å². The van der Waals surface area contributed by atoms with Gasteiger partial charge in [-0.3, -0.25) is 9.59 Å². The molecule has 1 aliphatic carbocycles. The van der Waals surface area contributed by atoms with Crippen LogP contribution in [0.1, 0.15) is 54.8 Å². The zero-order valence-corrected chi connectivity index (χ0v) is 16.5. The van der Waals surface area contributed by atoms with Gasteiger partial charge in [-0.15, -0.1) is 0 Å². The second-order valence-electron chi connectivity index (χ2n) is 7.79. The maximum absolute atomic E-state index is 12.4. The highest BCUT2D eigenvalue weighted by molar-refractivity contribution is 5.94. The topological polar surface area (TPSA) is 93.4 Å². The number of nitrogens with two attached hydrogens (primary N) is 1. The lowest BCUT2D eigenvalue weighted by Gasteiger charge is -2.26. The minimum absolute atomic E-state index is 0.0522. The van der Waals surface area contributed by atoms with Gasteiger partial charge in [0.05, 0.1) is 12.6 Å². The van der Waals surface area contributed by atoms with Crippen LogP contribution in [0.5, 0.6) is 5.75 Å². The van der Waals surface area contributed by atoms with Crippen LogP contribution in [0, 0.1) is 0 Å². The second kappa shape index (κ2) is 8.55. The fourth-order valence-electron chi connectivity index (χ4n) is 4.12. The Morgan fingerprint density at radius 3 is 2.93 bits per heavy atom. The van der Waals surface area contributed by atoms with Gasteiger partial charge in [-0.05, 0) is 79.1 Å².